The highest BCUT2D eigenvalue weighted by Crippen LogP contribution is 2.31. The highest BCUT2D eigenvalue weighted by atomic mass is 19.3. The van der Waals surface area contributed by atoms with Gasteiger partial charge in [0.05, 0.1) is 24.9 Å². The number of fused-ring (bicyclic) bond motifs is 1. The van der Waals surface area contributed by atoms with E-state index in [-0.39, 0.29) is 24.2 Å². The molecule has 7 heteroatoms. The van der Waals surface area contributed by atoms with Crippen molar-refractivity contribution >= 4 is 11.6 Å². The number of carbonyl (C=O) groups is 1. The number of nitrogens with one attached hydrogen (secondary N) is 2. The van der Waals surface area contributed by atoms with Crippen molar-refractivity contribution in [2.24, 2.45) is 0 Å². The van der Waals surface area contributed by atoms with Crippen molar-refractivity contribution in [3.05, 3.63) is 54.1 Å². The molecular formula is C18H18F2N2O3. The fourth-order valence-electron chi connectivity index (χ4n) is 2.72. The van der Waals surface area contributed by atoms with E-state index in [1.54, 1.807) is 18.2 Å². The largest absolute Gasteiger partial charge is 0.493 e. The van der Waals surface area contributed by atoms with Crippen molar-refractivity contribution in [2.75, 3.05) is 18.5 Å². The fourth-order valence-corrected chi connectivity index (χ4v) is 2.72. The number of benzene rings is 2. The second-order valence-corrected chi connectivity index (χ2v) is 5.52. The predicted octanol–water partition coefficient (Wildman–Crippen LogP) is 3.34. The molecule has 2 N–H and O–H groups in total. The number of anilines is 1. The second kappa shape index (κ2) is 7.83. The number of amides is 1. The van der Waals surface area contributed by atoms with Gasteiger partial charge < -0.3 is 20.1 Å². The zero-order chi connectivity index (χ0) is 17.6. The molecule has 0 bridgehead atoms. The molecule has 1 aliphatic heterocycles. The first-order valence-corrected chi connectivity index (χ1v) is 7.92. The van der Waals surface area contributed by atoms with Crippen molar-refractivity contribution in [3.63, 3.8) is 0 Å². The lowest BCUT2D eigenvalue weighted by molar-refractivity contribution is -0.120. The van der Waals surface area contributed by atoms with E-state index in [1.165, 1.54) is 6.07 Å². The molecule has 3 rings (SSSR count). The summed E-state index contributed by atoms with van der Waals surface area (Å²) >= 11 is 0. The van der Waals surface area contributed by atoms with Crippen LogP contribution in [0.2, 0.25) is 0 Å². The summed E-state index contributed by atoms with van der Waals surface area (Å²) in [6.45, 7) is -2.45. The first-order chi connectivity index (χ1) is 12.1. The molecule has 5 nitrogen and oxygen atoms in total. The summed E-state index contributed by atoms with van der Waals surface area (Å²) in [7, 11) is 0. The van der Waals surface area contributed by atoms with E-state index in [0.29, 0.717) is 18.7 Å². The van der Waals surface area contributed by atoms with E-state index in [9.17, 15) is 13.6 Å². The van der Waals surface area contributed by atoms with Crippen LogP contribution in [-0.4, -0.2) is 25.7 Å². The molecule has 0 spiro atoms. The summed E-state index contributed by atoms with van der Waals surface area (Å²) in [6.07, 6.45) is 0.674. The fraction of sp³-hybridized carbons (Fsp3) is 0.278. The monoisotopic (exact) mass is 348 g/mol. The van der Waals surface area contributed by atoms with Crippen molar-refractivity contribution < 1.29 is 23.0 Å². The molecule has 132 valence electrons. The van der Waals surface area contributed by atoms with E-state index in [1.807, 2.05) is 24.3 Å². The molecule has 0 saturated heterocycles. The molecule has 1 heterocycles. The third-order valence-electron chi connectivity index (χ3n) is 3.84. The van der Waals surface area contributed by atoms with Crippen LogP contribution in [0.1, 0.15) is 18.0 Å². The SMILES string of the molecule is O=C(CNc1ccccc1OC(F)F)NC1CCOc2ccccc21. The number of para-hydroxylation sites is 3. The number of rotatable bonds is 6. The quantitative estimate of drug-likeness (QED) is 0.841. The lowest BCUT2D eigenvalue weighted by Crippen LogP contribution is -2.35. The lowest BCUT2D eigenvalue weighted by atomic mass is 10.0. The van der Waals surface area contributed by atoms with Gasteiger partial charge in [0.15, 0.2) is 0 Å². The lowest BCUT2D eigenvalue weighted by Gasteiger charge is -2.26. The van der Waals surface area contributed by atoms with Gasteiger partial charge in [-0.05, 0) is 18.2 Å². The van der Waals surface area contributed by atoms with Crippen LogP contribution in [0.4, 0.5) is 14.5 Å². The Balaban J connectivity index is 1.60. The van der Waals surface area contributed by atoms with Crippen LogP contribution in [-0.2, 0) is 4.79 Å². The molecule has 0 aromatic heterocycles. The first kappa shape index (κ1) is 17.0. The third-order valence-corrected chi connectivity index (χ3v) is 3.84. The second-order valence-electron chi connectivity index (χ2n) is 5.52. The van der Waals surface area contributed by atoms with Gasteiger partial charge in [-0.25, -0.2) is 0 Å². The number of halogens is 2. The minimum Gasteiger partial charge on any atom is -0.493 e. The summed E-state index contributed by atoms with van der Waals surface area (Å²) in [6, 6.07) is 13.7. The summed E-state index contributed by atoms with van der Waals surface area (Å²) in [4.78, 5) is 12.2. The summed E-state index contributed by atoms with van der Waals surface area (Å²) in [5.74, 6) is 0.526. The van der Waals surface area contributed by atoms with Gasteiger partial charge in [0.2, 0.25) is 5.91 Å². The summed E-state index contributed by atoms with van der Waals surface area (Å²) in [5, 5.41) is 5.77. The molecule has 2 aromatic carbocycles. The van der Waals surface area contributed by atoms with Crippen molar-refractivity contribution in [3.8, 4) is 11.5 Å². The normalized spacial score (nSPS) is 15.9. The van der Waals surface area contributed by atoms with Crippen LogP contribution in [0.25, 0.3) is 0 Å². The Labute approximate surface area is 143 Å². The van der Waals surface area contributed by atoms with Crippen molar-refractivity contribution in [2.45, 2.75) is 19.1 Å². The molecule has 1 amide bonds. The van der Waals surface area contributed by atoms with Crippen molar-refractivity contribution in [1.82, 2.24) is 5.32 Å². The first-order valence-electron chi connectivity index (χ1n) is 7.92. The van der Waals surface area contributed by atoms with Gasteiger partial charge in [-0.3, -0.25) is 4.79 Å². The maximum absolute atomic E-state index is 12.4. The van der Waals surface area contributed by atoms with Gasteiger partial charge in [-0.2, -0.15) is 8.78 Å². The molecule has 1 aliphatic rings. The number of hydrogen-bond acceptors (Lipinski definition) is 4. The molecule has 1 unspecified atom stereocenters. The van der Waals surface area contributed by atoms with Crippen molar-refractivity contribution in [1.29, 1.82) is 0 Å². The average Bonchev–Trinajstić information content (AvgIpc) is 2.61. The molecule has 0 aliphatic carbocycles. The van der Waals surface area contributed by atoms with E-state index < -0.39 is 6.61 Å². The average molecular weight is 348 g/mol. The smallest absolute Gasteiger partial charge is 0.387 e. The van der Waals surface area contributed by atoms with Gasteiger partial charge in [0.1, 0.15) is 11.5 Å². The van der Waals surface area contributed by atoms with E-state index in [4.69, 9.17) is 4.74 Å². The maximum atomic E-state index is 12.4. The third kappa shape index (κ3) is 4.37. The molecule has 25 heavy (non-hydrogen) atoms. The van der Waals surface area contributed by atoms with Gasteiger partial charge in [0.25, 0.3) is 0 Å². The number of hydrogen-bond donors (Lipinski definition) is 2. The van der Waals surface area contributed by atoms with Gasteiger partial charge in [-0.1, -0.05) is 30.3 Å². The van der Waals surface area contributed by atoms with Crippen LogP contribution in [0.3, 0.4) is 0 Å². The Hall–Kier alpha value is -2.83. The number of ether oxygens (including phenoxy) is 2. The van der Waals surface area contributed by atoms with Crippen LogP contribution < -0.4 is 20.1 Å². The van der Waals surface area contributed by atoms with Crippen LogP contribution in [0, 0.1) is 0 Å². The van der Waals surface area contributed by atoms with Crippen LogP contribution in [0.5, 0.6) is 11.5 Å². The Morgan fingerprint density at radius 1 is 1.20 bits per heavy atom. The molecule has 0 fully saturated rings. The summed E-state index contributed by atoms with van der Waals surface area (Å²) in [5.41, 5.74) is 1.27. The van der Waals surface area contributed by atoms with E-state index in [0.717, 1.165) is 11.3 Å². The summed E-state index contributed by atoms with van der Waals surface area (Å²) < 4.78 is 34.8. The van der Waals surface area contributed by atoms with Gasteiger partial charge >= 0.3 is 6.61 Å². The van der Waals surface area contributed by atoms with Gasteiger partial charge in [0, 0.05) is 12.0 Å². The standard InChI is InChI=1S/C18H18F2N2O3/c19-18(20)25-16-8-4-2-6-14(16)21-11-17(23)22-13-9-10-24-15-7-3-1-5-12(13)15/h1-8,13,18,21H,9-11H2,(H,22,23). The molecule has 0 saturated carbocycles. The number of alkyl halides is 2. The Bertz CT molecular complexity index is 740. The topological polar surface area (TPSA) is 59.6 Å². The number of carbonyl (C=O) groups excluding carboxylic acids is 1. The molecule has 2 aromatic rings. The zero-order valence-electron chi connectivity index (χ0n) is 13.4. The van der Waals surface area contributed by atoms with E-state index >= 15 is 0 Å². The van der Waals surface area contributed by atoms with Gasteiger partial charge in [-0.15, -0.1) is 0 Å². The molecule has 0 radical (unpaired) electrons. The molecular weight excluding hydrogens is 330 g/mol. The minimum absolute atomic E-state index is 0.00159. The Morgan fingerprint density at radius 3 is 2.80 bits per heavy atom. The highest BCUT2D eigenvalue weighted by molar-refractivity contribution is 5.81. The molecule has 1 atom stereocenters. The Kier molecular flexibility index (Phi) is 5.33. The van der Waals surface area contributed by atoms with Crippen LogP contribution in [0.15, 0.2) is 48.5 Å². The minimum atomic E-state index is -2.92. The maximum Gasteiger partial charge on any atom is 0.387 e. The zero-order valence-corrected chi connectivity index (χ0v) is 13.4. The Morgan fingerprint density at radius 2 is 1.96 bits per heavy atom. The van der Waals surface area contributed by atoms with E-state index in [2.05, 4.69) is 15.4 Å². The highest BCUT2D eigenvalue weighted by Gasteiger charge is 2.22. The van der Waals surface area contributed by atoms with Crippen LogP contribution >= 0.6 is 0 Å². The predicted molar refractivity (Wildman–Crippen MR) is 89.0 cm³/mol.